The van der Waals surface area contributed by atoms with Crippen molar-refractivity contribution in [3.63, 3.8) is 0 Å². The molecule has 1 aromatic rings. The van der Waals surface area contributed by atoms with E-state index in [1.54, 1.807) is 30.4 Å². The minimum atomic E-state index is -0.998. The molecule has 1 aromatic heterocycles. The third kappa shape index (κ3) is 3.95. The Morgan fingerprint density at radius 2 is 2.40 bits per heavy atom. The second-order valence-electron chi connectivity index (χ2n) is 3.34. The standard InChI is InChI=1S/C10H14N2O3/c1-12(7-9(13)5-10(14)15)8-3-2-4-11-6-8/h2-4,6,9,13H,5,7H2,1H3,(H,14,15). The average molecular weight is 210 g/mol. The van der Waals surface area contributed by atoms with Crippen molar-refractivity contribution < 1.29 is 15.0 Å². The highest BCUT2D eigenvalue weighted by Crippen LogP contribution is 2.10. The Balaban J connectivity index is 2.49. The van der Waals surface area contributed by atoms with Crippen LogP contribution in [0.5, 0.6) is 0 Å². The number of carboxylic acid groups (broad SMARTS) is 1. The molecule has 0 aromatic carbocycles. The van der Waals surface area contributed by atoms with Gasteiger partial charge in [0.15, 0.2) is 0 Å². The van der Waals surface area contributed by atoms with Gasteiger partial charge in [-0.1, -0.05) is 0 Å². The highest BCUT2D eigenvalue weighted by atomic mass is 16.4. The van der Waals surface area contributed by atoms with Crippen LogP contribution in [0.1, 0.15) is 6.42 Å². The SMILES string of the molecule is CN(CC(O)CC(=O)O)c1cccnc1. The number of likely N-dealkylation sites (N-methyl/N-ethyl adjacent to an activating group) is 1. The van der Waals surface area contributed by atoms with E-state index in [0.29, 0.717) is 0 Å². The van der Waals surface area contributed by atoms with Crippen molar-refractivity contribution >= 4 is 11.7 Å². The quantitative estimate of drug-likeness (QED) is 0.733. The van der Waals surface area contributed by atoms with E-state index in [9.17, 15) is 9.90 Å². The summed E-state index contributed by atoms with van der Waals surface area (Å²) < 4.78 is 0. The maximum absolute atomic E-state index is 10.3. The van der Waals surface area contributed by atoms with Crippen LogP contribution in [0.3, 0.4) is 0 Å². The molecule has 0 fully saturated rings. The molecule has 15 heavy (non-hydrogen) atoms. The smallest absolute Gasteiger partial charge is 0.306 e. The van der Waals surface area contributed by atoms with Crippen LogP contribution in [0, 0.1) is 0 Å². The summed E-state index contributed by atoms with van der Waals surface area (Å²) in [6, 6.07) is 3.63. The van der Waals surface area contributed by atoms with Crippen molar-refractivity contribution in [2.45, 2.75) is 12.5 Å². The van der Waals surface area contributed by atoms with E-state index in [0.717, 1.165) is 5.69 Å². The fourth-order valence-electron chi connectivity index (χ4n) is 1.27. The zero-order valence-electron chi connectivity index (χ0n) is 8.50. The molecule has 0 bridgehead atoms. The van der Waals surface area contributed by atoms with Gasteiger partial charge in [0.25, 0.3) is 0 Å². The topological polar surface area (TPSA) is 73.7 Å². The lowest BCUT2D eigenvalue weighted by Crippen LogP contribution is -2.30. The van der Waals surface area contributed by atoms with Crippen molar-refractivity contribution in [1.82, 2.24) is 4.98 Å². The first-order chi connectivity index (χ1) is 7.09. The number of rotatable bonds is 5. The maximum atomic E-state index is 10.3. The van der Waals surface area contributed by atoms with Gasteiger partial charge in [0.05, 0.1) is 24.4 Å². The van der Waals surface area contributed by atoms with Gasteiger partial charge in [0, 0.05) is 19.8 Å². The molecule has 1 unspecified atom stereocenters. The summed E-state index contributed by atoms with van der Waals surface area (Å²) >= 11 is 0. The average Bonchev–Trinajstić information content (AvgIpc) is 2.17. The fourth-order valence-corrected chi connectivity index (χ4v) is 1.27. The van der Waals surface area contributed by atoms with Gasteiger partial charge in [-0.05, 0) is 12.1 Å². The van der Waals surface area contributed by atoms with Crippen LogP contribution in [0.4, 0.5) is 5.69 Å². The molecular weight excluding hydrogens is 196 g/mol. The summed E-state index contributed by atoms with van der Waals surface area (Å²) in [7, 11) is 1.78. The van der Waals surface area contributed by atoms with E-state index in [-0.39, 0.29) is 13.0 Å². The molecular formula is C10H14N2O3. The Morgan fingerprint density at radius 1 is 1.67 bits per heavy atom. The van der Waals surface area contributed by atoms with Gasteiger partial charge in [0.2, 0.25) is 0 Å². The number of nitrogens with zero attached hydrogens (tertiary/aromatic N) is 2. The lowest BCUT2D eigenvalue weighted by atomic mass is 10.2. The van der Waals surface area contributed by atoms with Crippen LogP contribution in [-0.4, -0.2) is 40.9 Å². The predicted octanol–water partition coefficient (Wildman–Crippen LogP) is 0.353. The number of anilines is 1. The Morgan fingerprint density at radius 3 is 2.93 bits per heavy atom. The molecule has 0 amide bonds. The van der Waals surface area contributed by atoms with Gasteiger partial charge >= 0.3 is 5.97 Å². The number of aromatic nitrogens is 1. The first-order valence-corrected chi connectivity index (χ1v) is 4.60. The molecule has 0 aliphatic rings. The van der Waals surface area contributed by atoms with Crippen molar-refractivity contribution in [2.75, 3.05) is 18.5 Å². The number of carboxylic acids is 1. The molecule has 5 nitrogen and oxygen atoms in total. The number of hydrogen-bond donors (Lipinski definition) is 2. The van der Waals surface area contributed by atoms with Gasteiger partial charge in [0.1, 0.15) is 0 Å². The minimum Gasteiger partial charge on any atom is -0.481 e. The number of carbonyl (C=O) groups is 1. The van der Waals surface area contributed by atoms with Gasteiger partial charge in [-0.15, -0.1) is 0 Å². The monoisotopic (exact) mass is 210 g/mol. The minimum absolute atomic E-state index is 0.245. The van der Waals surface area contributed by atoms with Crippen LogP contribution in [0.25, 0.3) is 0 Å². The largest absolute Gasteiger partial charge is 0.481 e. The summed E-state index contributed by atoms with van der Waals surface area (Å²) in [4.78, 5) is 16.0. The number of aliphatic hydroxyl groups excluding tert-OH is 1. The van der Waals surface area contributed by atoms with Gasteiger partial charge in [-0.2, -0.15) is 0 Å². The summed E-state index contributed by atoms with van der Waals surface area (Å²) in [5, 5.41) is 17.9. The highest BCUT2D eigenvalue weighted by molar-refractivity contribution is 5.67. The summed E-state index contributed by atoms with van der Waals surface area (Å²) in [5.74, 6) is -0.998. The second kappa shape index (κ2) is 5.31. The van der Waals surface area contributed by atoms with Gasteiger partial charge in [-0.25, -0.2) is 0 Å². The molecule has 1 heterocycles. The molecule has 1 rings (SSSR count). The fraction of sp³-hybridized carbons (Fsp3) is 0.400. The van der Waals surface area contributed by atoms with E-state index in [2.05, 4.69) is 4.98 Å². The Bertz CT molecular complexity index is 316. The molecule has 0 aliphatic heterocycles. The molecule has 82 valence electrons. The number of pyridine rings is 1. The van der Waals surface area contributed by atoms with Crippen LogP contribution < -0.4 is 4.90 Å². The van der Waals surface area contributed by atoms with Gasteiger partial charge < -0.3 is 15.1 Å². The van der Waals surface area contributed by atoms with Crippen LogP contribution in [0.2, 0.25) is 0 Å². The van der Waals surface area contributed by atoms with E-state index in [1.807, 2.05) is 6.07 Å². The molecule has 2 N–H and O–H groups in total. The predicted molar refractivity (Wildman–Crippen MR) is 55.8 cm³/mol. The van der Waals surface area contributed by atoms with E-state index in [1.165, 1.54) is 0 Å². The highest BCUT2D eigenvalue weighted by Gasteiger charge is 2.12. The Labute approximate surface area is 88.0 Å². The first kappa shape index (κ1) is 11.5. The summed E-state index contributed by atoms with van der Waals surface area (Å²) in [6.07, 6.45) is 2.20. The number of aliphatic carboxylic acids is 1. The zero-order valence-corrected chi connectivity index (χ0v) is 8.50. The van der Waals surface area contributed by atoms with Crippen molar-refractivity contribution in [3.05, 3.63) is 24.5 Å². The zero-order chi connectivity index (χ0) is 11.3. The lowest BCUT2D eigenvalue weighted by Gasteiger charge is -2.21. The molecule has 0 saturated heterocycles. The molecule has 0 radical (unpaired) electrons. The number of aliphatic hydroxyl groups is 1. The van der Waals surface area contributed by atoms with E-state index in [4.69, 9.17) is 5.11 Å². The molecule has 0 saturated carbocycles. The normalized spacial score (nSPS) is 12.1. The van der Waals surface area contributed by atoms with Crippen LogP contribution in [0.15, 0.2) is 24.5 Å². The first-order valence-electron chi connectivity index (χ1n) is 4.60. The third-order valence-corrected chi connectivity index (χ3v) is 1.98. The summed E-state index contributed by atoms with van der Waals surface area (Å²) in [5.41, 5.74) is 0.849. The van der Waals surface area contributed by atoms with Crippen LogP contribution in [-0.2, 0) is 4.79 Å². The van der Waals surface area contributed by atoms with Crippen LogP contribution >= 0.6 is 0 Å². The third-order valence-electron chi connectivity index (χ3n) is 1.98. The molecule has 5 heteroatoms. The Hall–Kier alpha value is -1.62. The molecule has 0 spiro atoms. The second-order valence-corrected chi connectivity index (χ2v) is 3.34. The van der Waals surface area contributed by atoms with Crippen molar-refractivity contribution in [3.8, 4) is 0 Å². The van der Waals surface area contributed by atoms with Crippen molar-refractivity contribution in [2.24, 2.45) is 0 Å². The molecule has 0 aliphatic carbocycles. The van der Waals surface area contributed by atoms with Crippen molar-refractivity contribution in [1.29, 1.82) is 0 Å². The maximum Gasteiger partial charge on any atom is 0.306 e. The number of hydrogen-bond acceptors (Lipinski definition) is 4. The Kier molecular flexibility index (Phi) is 4.05. The van der Waals surface area contributed by atoms with E-state index < -0.39 is 12.1 Å². The lowest BCUT2D eigenvalue weighted by molar-refractivity contribution is -0.139. The molecule has 1 atom stereocenters. The van der Waals surface area contributed by atoms with Gasteiger partial charge in [-0.3, -0.25) is 9.78 Å². The summed E-state index contributed by atoms with van der Waals surface area (Å²) in [6.45, 7) is 0.276. The van der Waals surface area contributed by atoms with E-state index >= 15 is 0 Å².